The lowest BCUT2D eigenvalue weighted by Gasteiger charge is -2.10. The van der Waals surface area contributed by atoms with Crippen molar-refractivity contribution in [2.75, 3.05) is 0 Å². The molecule has 16 heavy (non-hydrogen) atoms. The van der Waals surface area contributed by atoms with Crippen LogP contribution in [0.3, 0.4) is 0 Å². The number of fused-ring (bicyclic) bond motifs is 1. The highest BCUT2D eigenvalue weighted by Crippen LogP contribution is 2.31. The Kier molecular flexibility index (Phi) is 3.01. The van der Waals surface area contributed by atoms with Gasteiger partial charge in [-0.15, -0.1) is 0 Å². The van der Waals surface area contributed by atoms with Gasteiger partial charge in [-0.25, -0.2) is 13.1 Å². The predicted octanol–water partition coefficient (Wildman–Crippen LogP) is 2.27. The molecule has 1 aromatic rings. The summed E-state index contributed by atoms with van der Waals surface area (Å²) < 4.78 is 24.7. The van der Waals surface area contributed by atoms with E-state index in [9.17, 15) is 8.42 Å². The smallest absolute Gasteiger partial charge is 0.250 e. The monoisotopic (exact) mass is 262 g/mol. The minimum Gasteiger partial charge on any atom is -0.250 e. The van der Waals surface area contributed by atoms with Gasteiger partial charge in [0, 0.05) is 22.3 Å². The molecule has 0 unspecified atom stereocenters. The number of halogens is 1. The Morgan fingerprint density at radius 3 is 2.50 bits per heavy atom. The van der Waals surface area contributed by atoms with Gasteiger partial charge in [0.2, 0.25) is 0 Å². The number of hydrogen-bond donors (Lipinski definition) is 0. The Balaban J connectivity index is 2.67. The Bertz CT molecular complexity index is 505. The van der Waals surface area contributed by atoms with Crippen LogP contribution in [0.15, 0.2) is 5.03 Å². The third kappa shape index (κ3) is 1.98. The van der Waals surface area contributed by atoms with Gasteiger partial charge < -0.3 is 0 Å². The van der Waals surface area contributed by atoms with Gasteiger partial charge in [-0.05, 0) is 39.5 Å². The summed E-state index contributed by atoms with van der Waals surface area (Å²) in [5.41, 5.74) is 1.73. The second kappa shape index (κ2) is 4.04. The summed E-state index contributed by atoms with van der Waals surface area (Å²) in [6.45, 7) is 3.81. The molecule has 1 aliphatic rings. The van der Waals surface area contributed by atoms with Gasteiger partial charge in [0.1, 0.15) is 0 Å². The number of aromatic nitrogens is 2. The zero-order chi connectivity index (χ0) is 11.9. The summed E-state index contributed by atoms with van der Waals surface area (Å²) in [4.78, 5) is 0. The van der Waals surface area contributed by atoms with E-state index in [2.05, 4.69) is 5.10 Å². The molecule has 6 heteroatoms. The van der Waals surface area contributed by atoms with E-state index < -0.39 is 9.05 Å². The molecule has 0 atom stereocenters. The second-order valence-corrected chi connectivity index (χ2v) is 6.89. The third-order valence-corrected chi connectivity index (χ3v) is 4.19. The average molecular weight is 263 g/mol. The number of rotatable bonds is 2. The fraction of sp³-hybridized carbons (Fsp3) is 0.700. The van der Waals surface area contributed by atoms with E-state index in [0.717, 1.165) is 36.9 Å². The van der Waals surface area contributed by atoms with E-state index in [1.165, 1.54) is 0 Å². The second-order valence-electron chi connectivity index (χ2n) is 4.41. The van der Waals surface area contributed by atoms with Crippen LogP contribution < -0.4 is 0 Å². The van der Waals surface area contributed by atoms with Crippen LogP contribution in [0.4, 0.5) is 0 Å². The van der Waals surface area contributed by atoms with Gasteiger partial charge in [0.25, 0.3) is 9.05 Å². The summed E-state index contributed by atoms with van der Waals surface area (Å²) in [5.74, 6) is 0. The van der Waals surface area contributed by atoms with Crippen LogP contribution in [0.1, 0.15) is 44.0 Å². The molecule has 1 heterocycles. The van der Waals surface area contributed by atoms with Gasteiger partial charge in [0.15, 0.2) is 5.03 Å². The first-order chi connectivity index (χ1) is 7.41. The van der Waals surface area contributed by atoms with Crippen LogP contribution in [0.5, 0.6) is 0 Å². The minimum absolute atomic E-state index is 0.00845. The lowest BCUT2D eigenvalue weighted by molar-refractivity contribution is 0.477. The fourth-order valence-corrected chi connectivity index (χ4v) is 3.63. The molecule has 0 fully saturated rings. The SMILES string of the molecule is CC(C)n1nc2c(c1S(=O)(=O)Cl)CCCC2. The van der Waals surface area contributed by atoms with Crippen LogP contribution in [-0.2, 0) is 21.9 Å². The maximum atomic E-state index is 11.6. The van der Waals surface area contributed by atoms with E-state index in [0.29, 0.717) is 0 Å². The molecule has 90 valence electrons. The number of hydrogen-bond acceptors (Lipinski definition) is 3. The third-order valence-electron chi connectivity index (χ3n) is 2.85. The fourth-order valence-electron chi connectivity index (χ4n) is 2.15. The van der Waals surface area contributed by atoms with Gasteiger partial charge in [0.05, 0.1) is 5.69 Å². The molecule has 0 saturated heterocycles. The van der Waals surface area contributed by atoms with Crippen molar-refractivity contribution in [2.24, 2.45) is 0 Å². The van der Waals surface area contributed by atoms with E-state index >= 15 is 0 Å². The lowest BCUT2D eigenvalue weighted by atomic mass is 9.98. The first-order valence-electron chi connectivity index (χ1n) is 5.46. The maximum absolute atomic E-state index is 11.6. The van der Waals surface area contributed by atoms with Crippen LogP contribution in [0.25, 0.3) is 0 Å². The van der Waals surface area contributed by atoms with Gasteiger partial charge in [-0.1, -0.05) is 0 Å². The summed E-state index contributed by atoms with van der Waals surface area (Å²) in [7, 11) is 1.79. The molecule has 1 aromatic heterocycles. The summed E-state index contributed by atoms with van der Waals surface area (Å²) in [5, 5.41) is 4.58. The van der Waals surface area contributed by atoms with Crippen LogP contribution in [0.2, 0.25) is 0 Å². The van der Waals surface area contributed by atoms with E-state index in [-0.39, 0.29) is 11.1 Å². The summed E-state index contributed by atoms with van der Waals surface area (Å²) in [6.07, 6.45) is 3.71. The zero-order valence-corrected chi connectivity index (χ0v) is 11.0. The molecule has 0 saturated carbocycles. The molecule has 1 aliphatic carbocycles. The Hall–Kier alpha value is -0.550. The highest BCUT2D eigenvalue weighted by Gasteiger charge is 2.28. The zero-order valence-electron chi connectivity index (χ0n) is 9.40. The normalized spacial score (nSPS) is 16.5. The first kappa shape index (κ1) is 11.9. The van der Waals surface area contributed by atoms with Crippen LogP contribution in [0, 0.1) is 0 Å². The highest BCUT2D eigenvalue weighted by atomic mass is 35.7. The van der Waals surface area contributed by atoms with Crippen molar-refractivity contribution < 1.29 is 8.42 Å². The minimum atomic E-state index is -3.70. The van der Waals surface area contributed by atoms with Gasteiger partial charge in [-0.2, -0.15) is 5.10 Å². The van der Waals surface area contributed by atoms with E-state index in [1.807, 2.05) is 13.8 Å². The quantitative estimate of drug-likeness (QED) is 0.769. The van der Waals surface area contributed by atoms with E-state index in [1.54, 1.807) is 4.68 Å². The van der Waals surface area contributed by atoms with Crippen molar-refractivity contribution in [3.63, 3.8) is 0 Å². The average Bonchev–Trinajstić information content (AvgIpc) is 2.55. The van der Waals surface area contributed by atoms with Crippen LogP contribution >= 0.6 is 10.7 Å². The summed E-state index contributed by atoms with van der Waals surface area (Å²) in [6, 6.07) is 0.00845. The Morgan fingerprint density at radius 1 is 1.31 bits per heavy atom. The molecule has 0 bridgehead atoms. The van der Waals surface area contributed by atoms with Gasteiger partial charge >= 0.3 is 0 Å². The van der Waals surface area contributed by atoms with Crippen LogP contribution in [-0.4, -0.2) is 18.2 Å². The van der Waals surface area contributed by atoms with Gasteiger partial charge in [-0.3, -0.25) is 0 Å². The molecule has 0 radical (unpaired) electrons. The van der Waals surface area contributed by atoms with Crippen molar-refractivity contribution in [2.45, 2.75) is 50.6 Å². The molecule has 0 aliphatic heterocycles. The topological polar surface area (TPSA) is 52.0 Å². The number of aryl methyl sites for hydroxylation is 1. The molecule has 0 amide bonds. The standard InChI is InChI=1S/C10H15ClN2O2S/c1-7(2)13-10(16(11,14)15)8-5-3-4-6-9(8)12-13/h7H,3-6H2,1-2H3. The number of nitrogens with zero attached hydrogens (tertiary/aromatic N) is 2. The van der Waals surface area contributed by atoms with Crippen molar-refractivity contribution in [1.29, 1.82) is 0 Å². The molecule has 4 nitrogen and oxygen atoms in total. The molecule has 2 rings (SSSR count). The molecule has 0 aromatic carbocycles. The molecule has 0 spiro atoms. The highest BCUT2D eigenvalue weighted by molar-refractivity contribution is 8.13. The maximum Gasteiger partial charge on any atom is 0.278 e. The van der Waals surface area contributed by atoms with Crippen molar-refractivity contribution in [3.8, 4) is 0 Å². The first-order valence-corrected chi connectivity index (χ1v) is 7.77. The Morgan fingerprint density at radius 2 is 1.94 bits per heavy atom. The van der Waals surface area contributed by atoms with Crippen molar-refractivity contribution in [3.05, 3.63) is 11.3 Å². The lowest BCUT2D eigenvalue weighted by Crippen LogP contribution is -2.10. The predicted molar refractivity (Wildman–Crippen MR) is 62.3 cm³/mol. The van der Waals surface area contributed by atoms with E-state index in [4.69, 9.17) is 10.7 Å². The molecule has 0 N–H and O–H groups in total. The largest absolute Gasteiger partial charge is 0.278 e. The summed E-state index contributed by atoms with van der Waals surface area (Å²) >= 11 is 0. The molecular formula is C10H15ClN2O2S. The van der Waals surface area contributed by atoms with Crippen molar-refractivity contribution in [1.82, 2.24) is 9.78 Å². The Labute approximate surface area is 100 Å². The molecular weight excluding hydrogens is 248 g/mol. The van der Waals surface area contributed by atoms with Crippen molar-refractivity contribution >= 4 is 19.7 Å².